The van der Waals surface area contributed by atoms with E-state index in [1.54, 1.807) is 31.2 Å². The molecule has 0 aliphatic rings. The van der Waals surface area contributed by atoms with Crippen molar-refractivity contribution in [1.82, 2.24) is 0 Å². The molecule has 0 aliphatic carbocycles. The molecule has 1 heterocycles. The number of rotatable bonds is 3. The zero-order valence-corrected chi connectivity index (χ0v) is 11.3. The lowest BCUT2D eigenvalue weighted by atomic mass is 10.2. The molecule has 0 aliphatic heterocycles. The average Bonchev–Trinajstić information content (AvgIpc) is 2.86. The van der Waals surface area contributed by atoms with Gasteiger partial charge in [0.05, 0.1) is 10.7 Å². The predicted octanol–water partition coefficient (Wildman–Crippen LogP) is 2.59. The third kappa shape index (κ3) is 2.92. The average molecular weight is 294 g/mol. The molecular formula is C13H12ClN3O3. The molecule has 0 spiro atoms. The third-order valence-electron chi connectivity index (χ3n) is 2.58. The van der Waals surface area contributed by atoms with Crippen molar-refractivity contribution in [3.63, 3.8) is 0 Å². The summed E-state index contributed by atoms with van der Waals surface area (Å²) in [5, 5.41) is 14.3. The van der Waals surface area contributed by atoms with Crippen molar-refractivity contribution in [3.8, 4) is 0 Å². The number of nitrogens with two attached hydrogens (primary N) is 1. The Labute approximate surface area is 119 Å². The molecule has 0 unspecified atom stereocenters. The molecule has 1 aromatic heterocycles. The van der Waals surface area contributed by atoms with Crippen molar-refractivity contribution in [2.24, 2.45) is 10.9 Å². The van der Waals surface area contributed by atoms with Crippen LogP contribution in [0.4, 0.5) is 5.69 Å². The number of nitrogens with one attached hydrogen (secondary N) is 1. The van der Waals surface area contributed by atoms with E-state index in [-0.39, 0.29) is 16.6 Å². The number of amidine groups is 1. The zero-order valence-electron chi connectivity index (χ0n) is 10.6. The molecule has 7 heteroatoms. The van der Waals surface area contributed by atoms with Gasteiger partial charge >= 0.3 is 0 Å². The predicted molar refractivity (Wildman–Crippen MR) is 75.4 cm³/mol. The summed E-state index contributed by atoms with van der Waals surface area (Å²) in [5.41, 5.74) is 6.30. The van der Waals surface area contributed by atoms with Crippen LogP contribution in [0.5, 0.6) is 0 Å². The minimum Gasteiger partial charge on any atom is -0.456 e. The molecule has 104 valence electrons. The van der Waals surface area contributed by atoms with Gasteiger partial charge in [-0.15, -0.1) is 0 Å². The van der Waals surface area contributed by atoms with E-state index < -0.39 is 5.91 Å². The van der Waals surface area contributed by atoms with Crippen molar-refractivity contribution in [2.45, 2.75) is 6.92 Å². The monoisotopic (exact) mass is 293 g/mol. The highest BCUT2D eigenvalue weighted by atomic mass is 35.5. The molecule has 0 fully saturated rings. The number of anilines is 1. The third-order valence-corrected chi connectivity index (χ3v) is 2.90. The molecule has 6 nitrogen and oxygen atoms in total. The highest BCUT2D eigenvalue weighted by Gasteiger charge is 2.12. The molecule has 2 rings (SSSR count). The van der Waals surface area contributed by atoms with Crippen LogP contribution in [0.15, 0.2) is 39.9 Å². The quantitative estimate of drug-likeness (QED) is 0.350. The van der Waals surface area contributed by atoms with Crippen LogP contribution in [0.25, 0.3) is 0 Å². The Hall–Kier alpha value is -2.47. The van der Waals surface area contributed by atoms with E-state index in [2.05, 4.69) is 10.5 Å². The summed E-state index contributed by atoms with van der Waals surface area (Å²) < 4.78 is 5.21. The van der Waals surface area contributed by atoms with Crippen LogP contribution < -0.4 is 11.1 Å². The largest absolute Gasteiger partial charge is 0.456 e. The Morgan fingerprint density at radius 2 is 2.15 bits per heavy atom. The molecule has 20 heavy (non-hydrogen) atoms. The van der Waals surface area contributed by atoms with Gasteiger partial charge in [0.25, 0.3) is 5.91 Å². The SMILES string of the molecule is Cc1ccc(C(=O)Nc2ccc(/C(N)=N/O)cc2Cl)o1. The first-order valence-corrected chi connectivity index (χ1v) is 6.04. The molecule has 0 saturated carbocycles. The Kier molecular flexibility index (Phi) is 3.95. The topological polar surface area (TPSA) is 101 Å². The zero-order chi connectivity index (χ0) is 14.7. The van der Waals surface area contributed by atoms with Crippen LogP contribution in [0.1, 0.15) is 21.9 Å². The number of furan rings is 1. The Bertz CT molecular complexity index is 679. The summed E-state index contributed by atoms with van der Waals surface area (Å²) in [6, 6.07) is 7.88. The summed E-state index contributed by atoms with van der Waals surface area (Å²) >= 11 is 6.03. The van der Waals surface area contributed by atoms with Crippen molar-refractivity contribution in [2.75, 3.05) is 5.32 Å². The molecule has 0 saturated heterocycles. The van der Waals surface area contributed by atoms with Crippen LogP contribution in [0.3, 0.4) is 0 Å². The fraction of sp³-hybridized carbons (Fsp3) is 0.0769. The van der Waals surface area contributed by atoms with Crippen LogP contribution in [-0.4, -0.2) is 17.0 Å². The smallest absolute Gasteiger partial charge is 0.291 e. The highest BCUT2D eigenvalue weighted by molar-refractivity contribution is 6.34. The molecular weight excluding hydrogens is 282 g/mol. The fourth-order valence-electron chi connectivity index (χ4n) is 1.57. The van der Waals surface area contributed by atoms with E-state index in [4.69, 9.17) is 27.0 Å². The Morgan fingerprint density at radius 3 is 2.70 bits per heavy atom. The number of hydrogen-bond acceptors (Lipinski definition) is 4. The van der Waals surface area contributed by atoms with Gasteiger partial charge < -0.3 is 20.7 Å². The summed E-state index contributed by atoms with van der Waals surface area (Å²) in [6.07, 6.45) is 0. The van der Waals surface area contributed by atoms with E-state index in [1.807, 2.05) is 0 Å². The minimum atomic E-state index is -0.406. The van der Waals surface area contributed by atoms with Crippen molar-refractivity contribution < 1.29 is 14.4 Å². The minimum absolute atomic E-state index is 0.0635. The van der Waals surface area contributed by atoms with Crippen LogP contribution in [-0.2, 0) is 0 Å². The number of nitrogens with zero attached hydrogens (tertiary/aromatic N) is 1. The Balaban J connectivity index is 2.20. The van der Waals surface area contributed by atoms with E-state index in [0.29, 0.717) is 17.0 Å². The number of carbonyl (C=O) groups is 1. The maximum Gasteiger partial charge on any atom is 0.291 e. The first-order chi connectivity index (χ1) is 9.51. The van der Waals surface area contributed by atoms with E-state index in [9.17, 15) is 4.79 Å². The lowest BCUT2D eigenvalue weighted by Crippen LogP contribution is -2.14. The summed E-state index contributed by atoms with van der Waals surface area (Å²) in [6.45, 7) is 1.75. The molecule has 0 bridgehead atoms. The summed E-state index contributed by atoms with van der Waals surface area (Å²) in [4.78, 5) is 11.9. The fourth-order valence-corrected chi connectivity index (χ4v) is 1.80. The second-order valence-corrected chi connectivity index (χ2v) is 4.45. The first-order valence-electron chi connectivity index (χ1n) is 5.66. The number of halogens is 1. The summed E-state index contributed by atoms with van der Waals surface area (Å²) in [7, 11) is 0. The van der Waals surface area contributed by atoms with Crippen molar-refractivity contribution in [1.29, 1.82) is 0 Å². The second kappa shape index (κ2) is 5.66. The number of amides is 1. The van der Waals surface area contributed by atoms with Gasteiger partial charge in [-0.1, -0.05) is 16.8 Å². The molecule has 4 N–H and O–H groups in total. The first kappa shape index (κ1) is 14.0. The van der Waals surface area contributed by atoms with Gasteiger partial charge in [0.15, 0.2) is 11.6 Å². The number of benzene rings is 1. The van der Waals surface area contributed by atoms with Crippen LogP contribution in [0.2, 0.25) is 5.02 Å². The van der Waals surface area contributed by atoms with Gasteiger partial charge in [-0.3, -0.25) is 4.79 Å². The van der Waals surface area contributed by atoms with Gasteiger partial charge in [0.2, 0.25) is 0 Å². The second-order valence-electron chi connectivity index (χ2n) is 4.04. The van der Waals surface area contributed by atoms with Gasteiger partial charge in [-0.2, -0.15) is 0 Å². The van der Waals surface area contributed by atoms with E-state index in [0.717, 1.165) is 0 Å². The number of oxime groups is 1. The standard InChI is InChI=1S/C13H12ClN3O3/c1-7-2-5-11(20-7)13(18)16-10-4-3-8(6-9(10)14)12(15)17-19/h2-6,19H,1H3,(H2,15,17)(H,16,18). The van der Waals surface area contributed by atoms with E-state index in [1.165, 1.54) is 6.07 Å². The number of hydrogen-bond donors (Lipinski definition) is 3. The van der Waals surface area contributed by atoms with Crippen LogP contribution >= 0.6 is 11.6 Å². The molecule has 2 aromatic rings. The van der Waals surface area contributed by atoms with Crippen LogP contribution in [0, 0.1) is 6.92 Å². The molecule has 1 amide bonds. The lowest BCUT2D eigenvalue weighted by Gasteiger charge is -2.07. The molecule has 0 atom stereocenters. The van der Waals surface area contributed by atoms with E-state index >= 15 is 0 Å². The van der Waals surface area contributed by atoms with Gasteiger partial charge in [-0.25, -0.2) is 0 Å². The normalized spacial score (nSPS) is 11.4. The van der Waals surface area contributed by atoms with Gasteiger partial charge in [0.1, 0.15) is 5.76 Å². The maximum absolute atomic E-state index is 11.9. The molecule has 1 aromatic carbocycles. The number of aryl methyl sites for hydroxylation is 1. The van der Waals surface area contributed by atoms with Crippen molar-refractivity contribution >= 4 is 29.0 Å². The van der Waals surface area contributed by atoms with Crippen molar-refractivity contribution in [3.05, 3.63) is 52.4 Å². The Morgan fingerprint density at radius 1 is 1.40 bits per heavy atom. The molecule has 0 radical (unpaired) electrons. The maximum atomic E-state index is 11.9. The summed E-state index contributed by atoms with van der Waals surface area (Å²) in [5.74, 6) is 0.366. The lowest BCUT2D eigenvalue weighted by molar-refractivity contribution is 0.0995. The highest BCUT2D eigenvalue weighted by Crippen LogP contribution is 2.24. The number of carbonyl (C=O) groups excluding carboxylic acids is 1. The van der Waals surface area contributed by atoms with Gasteiger partial charge in [-0.05, 0) is 37.3 Å². The van der Waals surface area contributed by atoms with Gasteiger partial charge in [0, 0.05) is 5.56 Å².